The van der Waals surface area contributed by atoms with Crippen molar-refractivity contribution in [3.8, 4) is 0 Å². The fourth-order valence-corrected chi connectivity index (χ4v) is 2.84. The Hall–Kier alpha value is -0.860. The Labute approximate surface area is 104 Å². The summed E-state index contributed by atoms with van der Waals surface area (Å²) in [4.78, 5) is 0. The molecule has 0 bridgehead atoms. The summed E-state index contributed by atoms with van der Waals surface area (Å²) in [6.07, 6.45) is 2.08. The third-order valence-electron chi connectivity index (χ3n) is 3.91. The SMILES string of the molecule is CC[C@H](CO)NC1c2ccccc2CC1(C)C. The van der Waals surface area contributed by atoms with Crippen molar-refractivity contribution < 1.29 is 5.11 Å². The predicted octanol–water partition coefficient (Wildman–Crippen LogP) is 2.67. The Kier molecular flexibility index (Phi) is 3.55. The molecule has 0 aliphatic heterocycles. The zero-order valence-electron chi connectivity index (χ0n) is 11.0. The van der Waals surface area contributed by atoms with Crippen LogP contribution in [0.1, 0.15) is 44.4 Å². The first-order chi connectivity index (χ1) is 8.08. The van der Waals surface area contributed by atoms with E-state index in [4.69, 9.17) is 0 Å². The quantitative estimate of drug-likeness (QED) is 0.838. The molecular weight excluding hydrogens is 210 g/mol. The first-order valence-electron chi connectivity index (χ1n) is 6.53. The van der Waals surface area contributed by atoms with Crippen LogP contribution in [-0.2, 0) is 6.42 Å². The van der Waals surface area contributed by atoms with Gasteiger partial charge in [0.1, 0.15) is 0 Å². The molecule has 1 aliphatic carbocycles. The molecule has 2 atom stereocenters. The van der Waals surface area contributed by atoms with Crippen LogP contribution in [0.3, 0.4) is 0 Å². The van der Waals surface area contributed by atoms with Gasteiger partial charge in [0.05, 0.1) is 6.61 Å². The molecular formula is C15H23NO. The lowest BCUT2D eigenvalue weighted by atomic mass is 9.85. The van der Waals surface area contributed by atoms with Crippen molar-refractivity contribution in [2.45, 2.75) is 45.7 Å². The van der Waals surface area contributed by atoms with Gasteiger partial charge in [-0.2, -0.15) is 0 Å². The first-order valence-corrected chi connectivity index (χ1v) is 6.53. The molecule has 94 valence electrons. The molecule has 0 saturated heterocycles. The van der Waals surface area contributed by atoms with Crippen LogP contribution < -0.4 is 5.32 Å². The van der Waals surface area contributed by atoms with E-state index in [0.717, 1.165) is 12.8 Å². The zero-order valence-corrected chi connectivity index (χ0v) is 11.0. The standard InChI is InChI=1S/C15H23NO/c1-4-12(10-17)16-14-13-8-6-5-7-11(13)9-15(14,2)3/h5-8,12,14,16-17H,4,9-10H2,1-3H3/t12-,14?/m1/s1. The van der Waals surface area contributed by atoms with Crippen LogP contribution in [-0.4, -0.2) is 17.8 Å². The van der Waals surface area contributed by atoms with Crippen LogP contribution in [0.25, 0.3) is 0 Å². The molecule has 1 unspecified atom stereocenters. The fraction of sp³-hybridized carbons (Fsp3) is 0.600. The van der Waals surface area contributed by atoms with Crippen LogP contribution in [0, 0.1) is 5.41 Å². The fourth-order valence-electron chi connectivity index (χ4n) is 2.84. The maximum Gasteiger partial charge on any atom is 0.0584 e. The van der Waals surface area contributed by atoms with Crippen molar-refractivity contribution in [2.75, 3.05) is 6.61 Å². The smallest absolute Gasteiger partial charge is 0.0584 e. The minimum absolute atomic E-state index is 0.199. The van der Waals surface area contributed by atoms with Crippen molar-refractivity contribution in [3.63, 3.8) is 0 Å². The largest absolute Gasteiger partial charge is 0.395 e. The van der Waals surface area contributed by atoms with Gasteiger partial charge < -0.3 is 10.4 Å². The molecule has 0 spiro atoms. The maximum absolute atomic E-state index is 9.34. The molecule has 1 aromatic carbocycles. The highest BCUT2D eigenvalue weighted by molar-refractivity contribution is 5.37. The number of hydrogen-bond donors (Lipinski definition) is 2. The summed E-state index contributed by atoms with van der Waals surface area (Å²) in [5.41, 5.74) is 3.08. The Bertz CT molecular complexity index is 382. The van der Waals surface area contributed by atoms with Crippen LogP contribution in [0.5, 0.6) is 0 Å². The first kappa shape index (κ1) is 12.6. The summed E-state index contributed by atoms with van der Waals surface area (Å²) in [6.45, 7) is 6.93. The van der Waals surface area contributed by atoms with E-state index in [1.807, 2.05) is 0 Å². The minimum atomic E-state index is 0.199. The molecule has 0 amide bonds. The van der Waals surface area contributed by atoms with Crippen molar-refractivity contribution in [2.24, 2.45) is 5.41 Å². The molecule has 2 N–H and O–H groups in total. The van der Waals surface area contributed by atoms with Gasteiger partial charge in [0.25, 0.3) is 0 Å². The second kappa shape index (κ2) is 4.79. The van der Waals surface area contributed by atoms with Gasteiger partial charge in [-0.1, -0.05) is 45.0 Å². The van der Waals surface area contributed by atoms with E-state index in [-0.39, 0.29) is 18.1 Å². The molecule has 1 aromatic rings. The third kappa shape index (κ3) is 2.38. The third-order valence-corrected chi connectivity index (χ3v) is 3.91. The average Bonchev–Trinajstić information content (AvgIpc) is 2.56. The van der Waals surface area contributed by atoms with Crippen LogP contribution in [0.2, 0.25) is 0 Å². The Morgan fingerprint density at radius 1 is 1.41 bits per heavy atom. The second-order valence-corrected chi connectivity index (χ2v) is 5.75. The average molecular weight is 233 g/mol. The van der Waals surface area contributed by atoms with Gasteiger partial charge in [-0.15, -0.1) is 0 Å². The number of fused-ring (bicyclic) bond motifs is 1. The summed E-state index contributed by atoms with van der Waals surface area (Å²) < 4.78 is 0. The molecule has 0 saturated carbocycles. The van der Waals surface area contributed by atoms with E-state index in [2.05, 4.69) is 50.4 Å². The van der Waals surface area contributed by atoms with E-state index in [9.17, 15) is 5.11 Å². The van der Waals surface area contributed by atoms with Crippen LogP contribution >= 0.6 is 0 Å². The van der Waals surface area contributed by atoms with Gasteiger partial charge in [0.2, 0.25) is 0 Å². The van der Waals surface area contributed by atoms with Gasteiger partial charge in [0, 0.05) is 12.1 Å². The molecule has 0 heterocycles. The highest BCUT2D eigenvalue weighted by atomic mass is 16.3. The summed E-state index contributed by atoms with van der Waals surface area (Å²) in [5.74, 6) is 0. The predicted molar refractivity (Wildman–Crippen MR) is 71.0 cm³/mol. The Morgan fingerprint density at radius 3 is 2.76 bits per heavy atom. The lowest BCUT2D eigenvalue weighted by Gasteiger charge is -2.31. The topological polar surface area (TPSA) is 32.3 Å². The van der Waals surface area contributed by atoms with E-state index in [0.29, 0.717) is 6.04 Å². The van der Waals surface area contributed by atoms with Crippen molar-refractivity contribution >= 4 is 0 Å². The van der Waals surface area contributed by atoms with Crippen LogP contribution in [0.4, 0.5) is 0 Å². The molecule has 1 aliphatic rings. The Morgan fingerprint density at radius 2 is 2.12 bits per heavy atom. The molecule has 0 aromatic heterocycles. The van der Waals surface area contributed by atoms with Crippen molar-refractivity contribution in [1.82, 2.24) is 5.32 Å². The molecule has 17 heavy (non-hydrogen) atoms. The minimum Gasteiger partial charge on any atom is -0.395 e. The number of aliphatic hydroxyl groups excluding tert-OH is 1. The van der Waals surface area contributed by atoms with Gasteiger partial charge in [0.15, 0.2) is 0 Å². The van der Waals surface area contributed by atoms with Gasteiger partial charge in [-0.3, -0.25) is 0 Å². The summed E-state index contributed by atoms with van der Waals surface area (Å²) >= 11 is 0. The second-order valence-electron chi connectivity index (χ2n) is 5.75. The number of rotatable bonds is 4. The van der Waals surface area contributed by atoms with Crippen molar-refractivity contribution in [1.29, 1.82) is 0 Å². The van der Waals surface area contributed by atoms with Gasteiger partial charge >= 0.3 is 0 Å². The van der Waals surface area contributed by atoms with Gasteiger partial charge in [-0.05, 0) is 29.4 Å². The number of benzene rings is 1. The van der Waals surface area contributed by atoms with Crippen molar-refractivity contribution in [3.05, 3.63) is 35.4 Å². The van der Waals surface area contributed by atoms with E-state index < -0.39 is 0 Å². The van der Waals surface area contributed by atoms with E-state index in [1.165, 1.54) is 11.1 Å². The molecule has 0 fully saturated rings. The number of nitrogens with one attached hydrogen (secondary N) is 1. The summed E-state index contributed by atoms with van der Waals surface area (Å²) in [5, 5.41) is 13.0. The molecule has 2 heteroatoms. The van der Waals surface area contributed by atoms with Gasteiger partial charge in [-0.25, -0.2) is 0 Å². The highest BCUT2D eigenvalue weighted by Crippen LogP contribution is 2.45. The normalized spacial score (nSPS) is 23.4. The van der Waals surface area contributed by atoms with E-state index in [1.54, 1.807) is 0 Å². The van der Waals surface area contributed by atoms with E-state index >= 15 is 0 Å². The Balaban J connectivity index is 2.25. The summed E-state index contributed by atoms with van der Waals surface area (Å²) in [7, 11) is 0. The molecule has 2 rings (SSSR count). The monoisotopic (exact) mass is 233 g/mol. The maximum atomic E-state index is 9.34. The lowest BCUT2D eigenvalue weighted by Crippen LogP contribution is -2.40. The molecule has 2 nitrogen and oxygen atoms in total. The lowest BCUT2D eigenvalue weighted by molar-refractivity contribution is 0.188. The zero-order chi connectivity index (χ0) is 12.5. The van der Waals surface area contributed by atoms with Crippen LogP contribution in [0.15, 0.2) is 24.3 Å². The summed E-state index contributed by atoms with van der Waals surface area (Å²) in [6, 6.07) is 9.21. The number of hydrogen-bond acceptors (Lipinski definition) is 2. The molecule has 0 radical (unpaired) electrons. The number of aliphatic hydroxyl groups is 1. The highest BCUT2D eigenvalue weighted by Gasteiger charge is 2.39.